The molecular formula is C25H25N3O2. The van der Waals surface area contributed by atoms with Crippen LogP contribution >= 0.6 is 0 Å². The Labute approximate surface area is 177 Å². The number of para-hydroxylation sites is 1. The molecule has 152 valence electrons. The van der Waals surface area contributed by atoms with Crippen LogP contribution < -0.4 is 4.90 Å². The number of nitrogens with zero attached hydrogens (tertiary/aromatic N) is 3. The molecule has 0 spiro atoms. The lowest BCUT2D eigenvalue weighted by atomic mass is 9.94. The maximum absolute atomic E-state index is 13.5. The van der Waals surface area contributed by atoms with Crippen molar-refractivity contribution >= 4 is 17.5 Å². The molecule has 0 saturated carbocycles. The number of carbonyl (C=O) groups excluding carboxylic acids is 2. The van der Waals surface area contributed by atoms with Crippen LogP contribution in [0.2, 0.25) is 0 Å². The number of carbonyl (C=O) groups is 2. The number of hydrogen-bond donors (Lipinski definition) is 0. The second-order valence-corrected chi connectivity index (χ2v) is 7.55. The minimum atomic E-state index is -0.0909. The Balaban J connectivity index is 1.45. The molecule has 1 fully saturated rings. The minimum Gasteiger partial charge on any atom is -0.339 e. The first-order chi connectivity index (χ1) is 14.7. The lowest BCUT2D eigenvalue weighted by molar-refractivity contribution is -0.123. The van der Waals surface area contributed by atoms with Crippen molar-refractivity contribution in [1.29, 1.82) is 0 Å². The molecular weight excluding hydrogens is 374 g/mol. The van der Waals surface area contributed by atoms with Crippen molar-refractivity contribution in [2.75, 3.05) is 18.0 Å². The summed E-state index contributed by atoms with van der Waals surface area (Å²) in [6.07, 6.45) is 4.59. The summed E-state index contributed by atoms with van der Waals surface area (Å²) in [4.78, 5) is 33.9. The van der Waals surface area contributed by atoms with E-state index >= 15 is 0 Å². The molecule has 0 unspecified atom stereocenters. The Bertz CT molecular complexity index is 969. The van der Waals surface area contributed by atoms with Gasteiger partial charge in [0.05, 0.1) is 12.1 Å². The summed E-state index contributed by atoms with van der Waals surface area (Å²) in [6, 6.07) is 23.4. The molecule has 0 bridgehead atoms. The van der Waals surface area contributed by atoms with Gasteiger partial charge < -0.3 is 9.80 Å². The largest absolute Gasteiger partial charge is 0.339 e. The maximum atomic E-state index is 13.5. The summed E-state index contributed by atoms with van der Waals surface area (Å²) in [7, 11) is 0. The van der Waals surface area contributed by atoms with Crippen molar-refractivity contribution in [2.45, 2.75) is 19.4 Å². The molecule has 1 saturated heterocycles. The van der Waals surface area contributed by atoms with Crippen molar-refractivity contribution < 1.29 is 9.59 Å². The van der Waals surface area contributed by atoms with Gasteiger partial charge in [0.1, 0.15) is 0 Å². The van der Waals surface area contributed by atoms with E-state index in [1.54, 1.807) is 24.5 Å². The predicted molar refractivity (Wildman–Crippen MR) is 117 cm³/mol. The summed E-state index contributed by atoms with van der Waals surface area (Å²) >= 11 is 0. The maximum Gasteiger partial charge on any atom is 0.255 e. The molecule has 2 heterocycles. The molecule has 0 radical (unpaired) electrons. The molecule has 5 nitrogen and oxygen atoms in total. The molecule has 30 heavy (non-hydrogen) atoms. The molecule has 0 atom stereocenters. The number of hydrogen-bond acceptors (Lipinski definition) is 3. The first-order valence-corrected chi connectivity index (χ1v) is 10.3. The smallest absolute Gasteiger partial charge is 0.255 e. The van der Waals surface area contributed by atoms with Gasteiger partial charge in [-0.3, -0.25) is 14.6 Å². The second kappa shape index (κ2) is 9.35. The van der Waals surface area contributed by atoms with Crippen molar-refractivity contribution in [3.05, 3.63) is 96.3 Å². The molecule has 1 aromatic heterocycles. The van der Waals surface area contributed by atoms with Gasteiger partial charge >= 0.3 is 0 Å². The summed E-state index contributed by atoms with van der Waals surface area (Å²) in [5.41, 5.74) is 2.59. The van der Waals surface area contributed by atoms with Crippen molar-refractivity contribution in [1.82, 2.24) is 9.88 Å². The lowest BCUT2D eigenvalue weighted by Crippen LogP contribution is -2.44. The highest BCUT2D eigenvalue weighted by atomic mass is 16.2. The minimum absolute atomic E-state index is 0.0156. The molecule has 4 rings (SSSR count). The Morgan fingerprint density at radius 3 is 2.20 bits per heavy atom. The SMILES string of the molecule is O=C(c1cccnc1)N1CCC(C(=O)N(Cc2ccccc2)c2ccccc2)CC1. The fourth-order valence-corrected chi connectivity index (χ4v) is 3.89. The topological polar surface area (TPSA) is 53.5 Å². The Kier molecular flexibility index (Phi) is 6.18. The number of piperidine rings is 1. The number of anilines is 1. The van der Waals surface area contributed by atoms with E-state index in [1.807, 2.05) is 70.5 Å². The number of rotatable bonds is 5. The van der Waals surface area contributed by atoms with Gasteiger partial charge in [0.15, 0.2) is 0 Å². The van der Waals surface area contributed by atoms with Crippen LogP contribution in [0, 0.1) is 5.92 Å². The third kappa shape index (κ3) is 4.57. The normalized spacial score (nSPS) is 14.3. The van der Waals surface area contributed by atoms with Gasteiger partial charge in [-0.05, 0) is 42.7 Å². The van der Waals surface area contributed by atoms with Crippen LogP contribution in [0.1, 0.15) is 28.8 Å². The molecule has 2 amide bonds. The van der Waals surface area contributed by atoms with Gasteiger partial charge in [-0.25, -0.2) is 0 Å². The standard InChI is InChI=1S/C25H25N3O2/c29-24(22-10-7-15-26-18-22)27-16-13-21(14-17-27)25(30)28(23-11-5-2-6-12-23)19-20-8-3-1-4-9-20/h1-12,15,18,21H,13-14,16-17,19H2. The quantitative estimate of drug-likeness (QED) is 0.647. The highest BCUT2D eigenvalue weighted by Crippen LogP contribution is 2.26. The van der Waals surface area contributed by atoms with E-state index in [1.165, 1.54) is 0 Å². The fourth-order valence-electron chi connectivity index (χ4n) is 3.89. The first-order valence-electron chi connectivity index (χ1n) is 10.3. The molecule has 5 heteroatoms. The van der Waals surface area contributed by atoms with Crippen LogP contribution in [-0.4, -0.2) is 34.8 Å². The highest BCUT2D eigenvalue weighted by molar-refractivity contribution is 5.96. The molecule has 0 N–H and O–H groups in total. The van der Waals surface area contributed by atoms with E-state index in [2.05, 4.69) is 4.98 Å². The third-order valence-electron chi connectivity index (χ3n) is 5.56. The number of pyridine rings is 1. The van der Waals surface area contributed by atoms with Crippen molar-refractivity contribution in [2.24, 2.45) is 5.92 Å². The Morgan fingerprint density at radius 2 is 1.57 bits per heavy atom. The van der Waals surface area contributed by atoms with Crippen LogP contribution in [0.25, 0.3) is 0 Å². The van der Waals surface area contributed by atoms with E-state index < -0.39 is 0 Å². The van der Waals surface area contributed by atoms with Crippen LogP contribution in [0.4, 0.5) is 5.69 Å². The van der Waals surface area contributed by atoms with Gasteiger partial charge in [-0.2, -0.15) is 0 Å². The fraction of sp³-hybridized carbons (Fsp3) is 0.240. The Hall–Kier alpha value is -3.47. The molecule has 2 aromatic carbocycles. The second-order valence-electron chi connectivity index (χ2n) is 7.55. The summed E-state index contributed by atoms with van der Waals surface area (Å²) in [5, 5.41) is 0. The van der Waals surface area contributed by atoms with E-state index in [-0.39, 0.29) is 17.7 Å². The third-order valence-corrected chi connectivity index (χ3v) is 5.56. The van der Waals surface area contributed by atoms with Crippen molar-refractivity contribution in [3.8, 4) is 0 Å². The van der Waals surface area contributed by atoms with E-state index in [4.69, 9.17) is 0 Å². The van der Waals surface area contributed by atoms with Gasteiger partial charge in [0, 0.05) is 37.1 Å². The summed E-state index contributed by atoms with van der Waals surface area (Å²) < 4.78 is 0. The van der Waals surface area contributed by atoms with Gasteiger partial charge in [0.25, 0.3) is 5.91 Å². The molecule has 1 aliphatic rings. The number of likely N-dealkylation sites (tertiary alicyclic amines) is 1. The monoisotopic (exact) mass is 399 g/mol. The van der Waals surface area contributed by atoms with Gasteiger partial charge in [0.2, 0.25) is 5.91 Å². The van der Waals surface area contributed by atoms with E-state index in [0.717, 1.165) is 11.3 Å². The van der Waals surface area contributed by atoms with Gasteiger partial charge in [-0.1, -0.05) is 48.5 Å². The van der Waals surface area contributed by atoms with Crippen LogP contribution in [0.15, 0.2) is 85.2 Å². The number of aromatic nitrogens is 1. The van der Waals surface area contributed by atoms with E-state index in [0.29, 0.717) is 38.0 Å². The first kappa shape index (κ1) is 19.8. The van der Waals surface area contributed by atoms with E-state index in [9.17, 15) is 9.59 Å². The zero-order valence-corrected chi connectivity index (χ0v) is 16.9. The predicted octanol–water partition coefficient (Wildman–Crippen LogP) is 4.17. The molecule has 0 aliphatic carbocycles. The number of amides is 2. The summed E-state index contributed by atoms with van der Waals surface area (Å²) in [6.45, 7) is 1.70. The van der Waals surface area contributed by atoms with Crippen LogP contribution in [0.3, 0.4) is 0 Å². The van der Waals surface area contributed by atoms with Gasteiger partial charge in [-0.15, -0.1) is 0 Å². The van der Waals surface area contributed by atoms with Crippen LogP contribution in [0.5, 0.6) is 0 Å². The average Bonchev–Trinajstić information content (AvgIpc) is 2.83. The average molecular weight is 399 g/mol. The van der Waals surface area contributed by atoms with Crippen LogP contribution in [-0.2, 0) is 11.3 Å². The number of benzene rings is 2. The zero-order valence-electron chi connectivity index (χ0n) is 16.9. The summed E-state index contributed by atoms with van der Waals surface area (Å²) in [5.74, 6) is 0.0172. The zero-order chi connectivity index (χ0) is 20.8. The Morgan fingerprint density at radius 1 is 0.900 bits per heavy atom. The van der Waals surface area contributed by atoms with Crippen molar-refractivity contribution in [3.63, 3.8) is 0 Å². The molecule has 1 aliphatic heterocycles. The lowest BCUT2D eigenvalue weighted by Gasteiger charge is -2.34. The molecule has 3 aromatic rings. The highest BCUT2D eigenvalue weighted by Gasteiger charge is 2.31.